The van der Waals surface area contributed by atoms with Crippen molar-refractivity contribution in [2.45, 2.75) is 4.90 Å². The lowest BCUT2D eigenvalue weighted by Gasteiger charge is -2.14. The van der Waals surface area contributed by atoms with E-state index in [0.717, 1.165) is 0 Å². The first-order valence-electron chi connectivity index (χ1n) is 8.02. The molecule has 0 saturated heterocycles. The van der Waals surface area contributed by atoms with E-state index >= 15 is 0 Å². The van der Waals surface area contributed by atoms with Gasteiger partial charge in [-0.2, -0.15) is 0 Å². The molecule has 0 spiro atoms. The second-order valence-electron chi connectivity index (χ2n) is 5.25. The van der Waals surface area contributed by atoms with E-state index in [2.05, 4.69) is 4.72 Å². The number of benzene rings is 2. The Balaban J connectivity index is 2.05. The van der Waals surface area contributed by atoms with Crippen molar-refractivity contribution in [3.8, 4) is 28.7 Å². The predicted molar refractivity (Wildman–Crippen MR) is 99.8 cm³/mol. The Kier molecular flexibility index (Phi) is 7.14. The average Bonchev–Trinajstić information content (AvgIpc) is 2.70. The number of para-hydroxylation sites is 1. The summed E-state index contributed by atoms with van der Waals surface area (Å²) < 4.78 is 53.9. The van der Waals surface area contributed by atoms with Crippen LogP contribution in [0.4, 0.5) is 0 Å². The van der Waals surface area contributed by atoms with Gasteiger partial charge < -0.3 is 23.7 Å². The van der Waals surface area contributed by atoms with E-state index in [-0.39, 0.29) is 23.8 Å². The molecule has 2 rings (SSSR count). The van der Waals surface area contributed by atoms with E-state index < -0.39 is 10.0 Å². The molecular weight excluding hydrogens is 374 g/mol. The highest BCUT2D eigenvalue weighted by atomic mass is 32.2. The van der Waals surface area contributed by atoms with Crippen LogP contribution in [0.15, 0.2) is 41.3 Å². The minimum atomic E-state index is -3.81. The van der Waals surface area contributed by atoms with Crippen LogP contribution in [0.1, 0.15) is 0 Å². The van der Waals surface area contributed by atoms with Crippen molar-refractivity contribution in [1.29, 1.82) is 0 Å². The summed E-state index contributed by atoms with van der Waals surface area (Å²) >= 11 is 0. The smallest absolute Gasteiger partial charge is 0.244 e. The Morgan fingerprint density at radius 1 is 0.852 bits per heavy atom. The second kappa shape index (κ2) is 9.33. The van der Waals surface area contributed by atoms with Gasteiger partial charge in [0, 0.05) is 12.6 Å². The molecule has 0 aromatic heterocycles. The quantitative estimate of drug-likeness (QED) is 0.614. The summed E-state index contributed by atoms with van der Waals surface area (Å²) in [5.41, 5.74) is 0. The monoisotopic (exact) mass is 397 g/mol. The zero-order chi connectivity index (χ0) is 19.9. The molecule has 1 N–H and O–H groups in total. The summed E-state index contributed by atoms with van der Waals surface area (Å²) in [6, 6.07) is 9.75. The molecule has 27 heavy (non-hydrogen) atoms. The van der Waals surface area contributed by atoms with Gasteiger partial charge in [-0.3, -0.25) is 0 Å². The van der Waals surface area contributed by atoms with Crippen molar-refractivity contribution in [3.05, 3.63) is 36.4 Å². The maximum Gasteiger partial charge on any atom is 0.244 e. The lowest BCUT2D eigenvalue weighted by Crippen LogP contribution is -2.28. The van der Waals surface area contributed by atoms with Gasteiger partial charge in [-0.15, -0.1) is 0 Å². The fourth-order valence-corrected chi connectivity index (χ4v) is 3.58. The normalized spacial score (nSPS) is 11.0. The Bertz CT molecular complexity index is 868. The maximum absolute atomic E-state index is 12.6. The minimum Gasteiger partial charge on any atom is -0.497 e. The number of hydrogen-bond donors (Lipinski definition) is 1. The molecule has 0 unspecified atom stereocenters. The van der Waals surface area contributed by atoms with Gasteiger partial charge in [0.2, 0.25) is 15.8 Å². The molecule has 0 atom stereocenters. The summed E-state index contributed by atoms with van der Waals surface area (Å²) in [4.78, 5) is -0.0108. The molecule has 0 aliphatic heterocycles. The first-order valence-corrected chi connectivity index (χ1v) is 9.50. The van der Waals surface area contributed by atoms with Gasteiger partial charge in [-0.1, -0.05) is 6.07 Å². The van der Waals surface area contributed by atoms with Gasteiger partial charge in [0.1, 0.15) is 23.0 Å². The van der Waals surface area contributed by atoms with E-state index in [1.807, 2.05) is 0 Å². The molecule has 0 fully saturated rings. The van der Waals surface area contributed by atoms with E-state index in [0.29, 0.717) is 23.0 Å². The number of sulfonamides is 1. The summed E-state index contributed by atoms with van der Waals surface area (Å²) in [6.45, 7) is 0.137. The Morgan fingerprint density at radius 3 is 2.19 bits per heavy atom. The van der Waals surface area contributed by atoms with Crippen LogP contribution >= 0.6 is 0 Å². The van der Waals surface area contributed by atoms with Crippen LogP contribution in [0.25, 0.3) is 0 Å². The molecule has 0 heterocycles. The van der Waals surface area contributed by atoms with Crippen LogP contribution in [0, 0.1) is 0 Å². The zero-order valence-electron chi connectivity index (χ0n) is 15.6. The molecule has 2 aromatic carbocycles. The molecule has 9 heteroatoms. The fraction of sp³-hybridized carbons (Fsp3) is 0.333. The highest BCUT2D eigenvalue weighted by molar-refractivity contribution is 7.89. The SMILES string of the molecule is COc1ccc(OC)c(S(=O)(=O)NCCOc2cccc(OC)c2OC)c1. The number of ether oxygens (including phenoxy) is 5. The van der Waals surface area contributed by atoms with Crippen molar-refractivity contribution < 1.29 is 32.1 Å². The molecule has 0 aliphatic carbocycles. The first kappa shape index (κ1) is 20.7. The van der Waals surface area contributed by atoms with Gasteiger partial charge >= 0.3 is 0 Å². The summed E-state index contributed by atoms with van der Waals surface area (Å²) in [5, 5.41) is 0. The molecule has 0 aliphatic rings. The van der Waals surface area contributed by atoms with Crippen molar-refractivity contribution >= 4 is 10.0 Å². The van der Waals surface area contributed by atoms with Crippen LogP contribution in [0.3, 0.4) is 0 Å². The zero-order valence-corrected chi connectivity index (χ0v) is 16.5. The van der Waals surface area contributed by atoms with Crippen LogP contribution < -0.4 is 28.4 Å². The standard InChI is InChI=1S/C18H23NO7S/c1-22-13-8-9-14(23-2)17(12-13)27(20,21)19-10-11-26-16-7-5-6-15(24-3)18(16)25-4/h5-9,12,19H,10-11H2,1-4H3. The molecule has 0 saturated carbocycles. The van der Waals surface area contributed by atoms with Crippen LogP contribution in [-0.2, 0) is 10.0 Å². The summed E-state index contributed by atoms with van der Waals surface area (Å²) in [6.07, 6.45) is 0. The van der Waals surface area contributed by atoms with Gasteiger partial charge in [-0.05, 0) is 24.3 Å². The third-order valence-electron chi connectivity index (χ3n) is 3.68. The third-order valence-corrected chi connectivity index (χ3v) is 5.16. The Hall–Kier alpha value is -2.65. The average molecular weight is 397 g/mol. The van der Waals surface area contributed by atoms with E-state index in [1.165, 1.54) is 40.6 Å². The number of hydrogen-bond acceptors (Lipinski definition) is 7. The maximum atomic E-state index is 12.6. The van der Waals surface area contributed by atoms with Crippen LogP contribution in [0.5, 0.6) is 28.7 Å². The number of nitrogens with one attached hydrogen (secondary N) is 1. The third kappa shape index (κ3) is 4.95. The summed E-state index contributed by atoms with van der Waals surface area (Å²) in [5.74, 6) is 2.05. The minimum absolute atomic E-state index is 0.0108. The Labute approximate surface area is 159 Å². The predicted octanol–water partition coefficient (Wildman–Crippen LogP) is 2.08. The summed E-state index contributed by atoms with van der Waals surface area (Å²) in [7, 11) is 2.08. The molecule has 0 amide bonds. The fourth-order valence-electron chi connectivity index (χ4n) is 2.38. The first-order chi connectivity index (χ1) is 13.0. The molecular formula is C18H23NO7S. The van der Waals surface area contributed by atoms with Crippen molar-refractivity contribution in [3.63, 3.8) is 0 Å². The van der Waals surface area contributed by atoms with Crippen molar-refractivity contribution in [2.75, 3.05) is 41.6 Å². The van der Waals surface area contributed by atoms with Crippen molar-refractivity contribution in [1.82, 2.24) is 4.72 Å². The van der Waals surface area contributed by atoms with E-state index in [1.54, 1.807) is 24.3 Å². The molecule has 0 bridgehead atoms. The molecule has 2 aromatic rings. The highest BCUT2D eigenvalue weighted by Crippen LogP contribution is 2.36. The molecule has 8 nitrogen and oxygen atoms in total. The van der Waals surface area contributed by atoms with Gasteiger partial charge in [-0.25, -0.2) is 13.1 Å². The van der Waals surface area contributed by atoms with Gasteiger partial charge in [0.25, 0.3) is 0 Å². The van der Waals surface area contributed by atoms with Crippen LogP contribution in [-0.4, -0.2) is 50.0 Å². The van der Waals surface area contributed by atoms with E-state index in [4.69, 9.17) is 23.7 Å². The van der Waals surface area contributed by atoms with E-state index in [9.17, 15) is 8.42 Å². The molecule has 148 valence electrons. The van der Waals surface area contributed by atoms with Crippen molar-refractivity contribution in [2.24, 2.45) is 0 Å². The van der Waals surface area contributed by atoms with Gasteiger partial charge in [0.15, 0.2) is 11.5 Å². The second-order valence-corrected chi connectivity index (χ2v) is 6.99. The Morgan fingerprint density at radius 2 is 1.56 bits per heavy atom. The number of methoxy groups -OCH3 is 4. The largest absolute Gasteiger partial charge is 0.497 e. The molecule has 0 radical (unpaired) electrons. The van der Waals surface area contributed by atoms with Crippen LogP contribution in [0.2, 0.25) is 0 Å². The lowest BCUT2D eigenvalue weighted by atomic mass is 10.3. The lowest BCUT2D eigenvalue weighted by molar-refractivity contribution is 0.287. The van der Waals surface area contributed by atoms with Gasteiger partial charge in [0.05, 0.1) is 28.4 Å². The number of rotatable bonds is 10. The highest BCUT2D eigenvalue weighted by Gasteiger charge is 2.20. The topological polar surface area (TPSA) is 92.3 Å².